The lowest BCUT2D eigenvalue weighted by Crippen LogP contribution is -2.33. The Kier molecular flexibility index (Phi) is 24.4. The molecule has 0 fully saturated rings. The molecule has 1 atom stereocenters. The smallest absolute Gasteiger partial charge is 0.300 e. The second-order valence-electron chi connectivity index (χ2n) is 9.02. The normalized spacial score (nSPS) is 13.5. The van der Waals surface area contributed by atoms with Crippen LogP contribution in [0.25, 0.3) is 0 Å². The monoisotopic (exact) mass is 467 g/mol. The molecule has 0 aromatic rings. The predicted octanol–water partition coefficient (Wildman–Crippen LogP) is 8.22. The molecule has 190 valence electrons. The maximum Gasteiger partial charge on any atom is 0.300 e. The standard InChI is InChI=1S/C23H47FO3S.C2H7N/c1-3-5-7-9-11-12-13-14-15-16-18-20-22-23(24,28(25,26)27)21-19-17-10-8-6-4-2;1-3-2/h3-22H2,1-2H3,(H,25,26,27);3H,1-2H3. The van der Waals surface area contributed by atoms with Crippen molar-refractivity contribution in [2.24, 2.45) is 0 Å². The van der Waals surface area contributed by atoms with Crippen LogP contribution in [0.2, 0.25) is 0 Å². The molecule has 0 saturated carbocycles. The van der Waals surface area contributed by atoms with Crippen LogP contribution >= 0.6 is 0 Å². The van der Waals surface area contributed by atoms with Gasteiger partial charge in [0.25, 0.3) is 10.1 Å². The number of rotatable bonds is 21. The maximum atomic E-state index is 14.8. The van der Waals surface area contributed by atoms with Crippen LogP contribution in [-0.2, 0) is 10.1 Å². The lowest BCUT2D eigenvalue weighted by molar-refractivity contribution is 0.203. The van der Waals surface area contributed by atoms with E-state index in [9.17, 15) is 17.4 Å². The van der Waals surface area contributed by atoms with Gasteiger partial charge in [-0.2, -0.15) is 8.42 Å². The van der Waals surface area contributed by atoms with E-state index in [0.717, 1.165) is 51.4 Å². The van der Waals surface area contributed by atoms with Crippen molar-refractivity contribution >= 4 is 10.1 Å². The highest BCUT2D eigenvalue weighted by atomic mass is 32.2. The maximum absolute atomic E-state index is 14.8. The summed E-state index contributed by atoms with van der Waals surface area (Å²) in [6.45, 7) is 4.37. The van der Waals surface area contributed by atoms with Crippen molar-refractivity contribution in [2.75, 3.05) is 14.1 Å². The molecule has 0 rings (SSSR count). The Morgan fingerprint density at radius 3 is 1.06 bits per heavy atom. The third kappa shape index (κ3) is 21.4. The molecule has 4 nitrogen and oxygen atoms in total. The van der Waals surface area contributed by atoms with Crippen molar-refractivity contribution < 1.29 is 17.4 Å². The molecule has 0 saturated heterocycles. The number of halogens is 1. The van der Waals surface area contributed by atoms with Crippen molar-refractivity contribution in [3.63, 3.8) is 0 Å². The van der Waals surface area contributed by atoms with Gasteiger partial charge in [-0.1, -0.05) is 117 Å². The Morgan fingerprint density at radius 1 is 0.613 bits per heavy atom. The summed E-state index contributed by atoms with van der Waals surface area (Å²) in [5.74, 6) is 0. The number of hydrogen-bond donors (Lipinski definition) is 2. The fourth-order valence-electron chi connectivity index (χ4n) is 3.78. The van der Waals surface area contributed by atoms with Crippen LogP contribution in [0.15, 0.2) is 0 Å². The minimum atomic E-state index is -4.64. The number of hydrogen-bond acceptors (Lipinski definition) is 3. The Bertz CT molecular complexity index is 460. The van der Waals surface area contributed by atoms with Crippen LogP contribution in [0.1, 0.15) is 142 Å². The first-order valence-electron chi connectivity index (χ1n) is 13.0. The average molecular weight is 468 g/mol. The van der Waals surface area contributed by atoms with Crippen LogP contribution in [0.3, 0.4) is 0 Å². The average Bonchev–Trinajstić information content (AvgIpc) is 2.71. The van der Waals surface area contributed by atoms with Crippen molar-refractivity contribution in [2.45, 2.75) is 147 Å². The van der Waals surface area contributed by atoms with Crippen LogP contribution in [0.5, 0.6) is 0 Å². The van der Waals surface area contributed by atoms with Gasteiger partial charge < -0.3 is 5.32 Å². The molecule has 31 heavy (non-hydrogen) atoms. The summed E-state index contributed by atoms with van der Waals surface area (Å²) in [5, 5.41) is 0.302. The Balaban J connectivity index is 0. The summed E-state index contributed by atoms with van der Waals surface area (Å²) in [7, 11) is -0.893. The number of alkyl halides is 1. The van der Waals surface area contributed by atoms with E-state index in [1.807, 2.05) is 14.1 Å². The van der Waals surface area contributed by atoms with Crippen molar-refractivity contribution in [1.82, 2.24) is 5.32 Å². The Morgan fingerprint density at radius 2 is 0.839 bits per heavy atom. The molecule has 0 heterocycles. The van der Waals surface area contributed by atoms with Gasteiger partial charge in [0, 0.05) is 0 Å². The van der Waals surface area contributed by atoms with Crippen molar-refractivity contribution in [3.05, 3.63) is 0 Å². The summed E-state index contributed by atoms with van der Waals surface area (Å²) >= 11 is 0. The Labute approximate surface area is 194 Å². The second kappa shape index (κ2) is 23.0. The lowest BCUT2D eigenvalue weighted by atomic mass is 10.0. The molecule has 0 aromatic heterocycles. The topological polar surface area (TPSA) is 66.4 Å². The fourth-order valence-corrected chi connectivity index (χ4v) is 4.59. The summed E-state index contributed by atoms with van der Waals surface area (Å²) in [6.07, 6.45) is 19.6. The van der Waals surface area contributed by atoms with Crippen molar-refractivity contribution in [3.8, 4) is 0 Å². The minimum absolute atomic E-state index is 0.0712. The van der Waals surface area contributed by atoms with E-state index in [1.165, 1.54) is 51.4 Å². The molecular weight excluding hydrogens is 413 g/mol. The third-order valence-electron chi connectivity index (χ3n) is 5.77. The molecular formula is C25H54FNO3S. The molecule has 0 radical (unpaired) electrons. The first-order chi connectivity index (χ1) is 14.8. The van der Waals surface area contributed by atoms with Crippen LogP contribution in [-0.4, -0.2) is 32.1 Å². The zero-order chi connectivity index (χ0) is 23.8. The van der Waals surface area contributed by atoms with E-state index in [-0.39, 0.29) is 12.8 Å². The van der Waals surface area contributed by atoms with E-state index < -0.39 is 15.1 Å². The predicted molar refractivity (Wildman–Crippen MR) is 134 cm³/mol. The van der Waals surface area contributed by atoms with E-state index in [4.69, 9.17) is 0 Å². The molecule has 0 amide bonds. The second-order valence-corrected chi connectivity index (χ2v) is 10.7. The molecule has 1 unspecified atom stereocenters. The summed E-state index contributed by atoms with van der Waals surface area (Å²) < 4.78 is 47.3. The third-order valence-corrected chi connectivity index (χ3v) is 7.10. The van der Waals surface area contributed by atoms with Gasteiger partial charge >= 0.3 is 0 Å². The van der Waals surface area contributed by atoms with Gasteiger partial charge in [-0.15, -0.1) is 0 Å². The van der Waals surface area contributed by atoms with Gasteiger partial charge in [0.05, 0.1) is 0 Å². The summed E-state index contributed by atoms with van der Waals surface area (Å²) in [6, 6.07) is 0. The molecule has 0 aliphatic heterocycles. The quantitative estimate of drug-likeness (QED) is 0.132. The molecule has 6 heteroatoms. The first-order valence-corrected chi connectivity index (χ1v) is 14.5. The van der Waals surface area contributed by atoms with E-state index in [2.05, 4.69) is 19.2 Å². The summed E-state index contributed by atoms with van der Waals surface area (Å²) in [5.41, 5.74) is 0. The first kappa shape index (κ1) is 33.0. The number of nitrogens with one attached hydrogen (secondary N) is 1. The van der Waals surface area contributed by atoms with Crippen LogP contribution in [0, 0.1) is 0 Å². The van der Waals surface area contributed by atoms with E-state index >= 15 is 0 Å². The van der Waals surface area contributed by atoms with Crippen LogP contribution in [0.4, 0.5) is 4.39 Å². The molecule has 0 spiro atoms. The Hall–Kier alpha value is -0.200. The molecule has 0 aromatic carbocycles. The zero-order valence-electron chi connectivity index (χ0n) is 21.2. The van der Waals surface area contributed by atoms with Crippen molar-refractivity contribution in [1.29, 1.82) is 0 Å². The summed E-state index contributed by atoms with van der Waals surface area (Å²) in [4.78, 5) is 0. The van der Waals surface area contributed by atoms with Gasteiger partial charge in [0.2, 0.25) is 5.00 Å². The van der Waals surface area contributed by atoms with Gasteiger partial charge in [-0.05, 0) is 39.8 Å². The largest absolute Gasteiger partial charge is 0.323 e. The van der Waals surface area contributed by atoms with E-state index in [0.29, 0.717) is 12.8 Å². The zero-order valence-corrected chi connectivity index (χ0v) is 22.0. The fraction of sp³-hybridized carbons (Fsp3) is 1.00. The lowest BCUT2D eigenvalue weighted by Gasteiger charge is -2.22. The molecule has 0 aliphatic carbocycles. The molecule has 2 N–H and O–H groups in total. The SMILES string of the molecule is CCCCCCCCCCCCCCC(F)(CCCCCCCC)S(=O)(=O)O.CNC. The molecule has 0 bridgehead atoms. The van der Waals surface area contributed by atoms with Gasteiger partial charge in [0.1, 0.15) is 0 Å². The van der Waals surface area contributed by atoms with Crippen LogP contribution < -0.4 is 5.32 Å². The minimum Gasteiger partial charge on any atom is -0.323 e. The highest BCUT2D eigenvalue weighted by Crippen LogP contribution is 2.32. The molecule has 0 aliphatic rings. The highest BCUT2D eigenvalue weighted by Gasteiger charge is 2.42. The van der Waals surface area contributed by atoms with E-state index in [1.54, 1.807) is 0 Å². The van der Waals surface area contributed by atoms with Gasteiger partial charge in [-0.25, -0.2) is 4.39 Å². The van der Waals surface area contributed by atoms with Gasteiger partial charge in [-0.3, -0.25) is 4.55 Å². The number of unbranched alkanes of at least 4 members (excludes halogenated alkanes) is 16. The highest BCUT2D eigenvalue weighted by molar-refractivity contribution is 7.87. The van der Waals surface area contributed by atoms with Gasteiger partial charge in [0.15, 0.2) is 0 Å².